The number of hydrogen-bond donors (Lipinski definition) is 1. The molecule has 0 aliphatic carbocycles. The van der Waals surface area contributed by atoms with E-state index >= 15 is 0 Å². The summed E-state index contributed by atoms with van der Waals surface area (Å²) in [6.07, 6.45) is 0. The number of aromatic nitrogens is 3. The predicted molar refractivity (Wildman–Crippen MR) is 81.6 cm³/mol. The molecule has 1 aromatic heterocycles. The van der Waals surface area contributed by atoms with Gasteiger partial charge in [0, 0.05) is 5.56 Å². The molecule has 7 nitrogen and oxygen atoms in total. The van der Waals surface area contributed by atoms with Gasteiger partial charge in [-0.05, 0) is 12.1 Å². The van der Waals surface area contributed by atoms with E-state index in [4.69, 9.17) is 0 Å². The molecular formula is C16H10N4O3. The number of carbonyl (C=O) groups excluding carboxylic acids is 2. The molecule has 0 saturated heterocycles. The Kier molecular flexibility index (Phi) is 2.74. The van der Waals surface area contributed by atoms with E-state index in [0.717, 1.165) is 9.69 Å². The number of imide groups is 1. The first-order valence-corrected chi connectivity index (χ1v) is 6.89. The average Bonchev–Trinajstić information content (AvgIpc) is 3.07. The summed E-state index contributed by atoms with van der Waals surface area (Å²) in [4.78, 5) is 37.2. The Hall–Kier alpha value is -3.48. The normalized spacial score (nSPS) is 13.5. The van der Waals surface area contributed by atoms with Crippen molar-refractivity contribution in [1.82, 2.24) is 14.9 Å². The highest BCUT2D eigenvalue weighted by atomic mass is 16.2. The van der Waals surface area contributed by atoms with Crippen molar-refractivity contribution in [2.24, 2.45) is 0 Å². The average molecular weight is 306 g/mol. The van der Waals surface area contributed by atoms with Crippen molar-refractivity contribution in [2.45, 2.75) is 0 Å². The number of nitrogens with zero attached hydrogens (tertiary/aromatic N) is 3. The maximum absolute atomic E-state index is 12.5. The number of fused-ring (bicyclic) bond motifs is 1. The SMILES string of the molecule is O=C1c2ccccc2C(=O)N1n1c(-c2ccccc2)n[nH]c1=O. The number of nitrogens with one attached hydrogen (secondary N) is 1. The molecule has 0 atom stereocenters. The van der Waals surface area contributed by atoms with Crippen molar-refractivity contribution in [3.8, 4) is 11.4 Å². The lowest BCUT2D eigenvalue weighted by Gasteiger charge is -2.15. The van der Waals surface area contributed by atoms with Crippen LogP contribution in [-0.4, -0.2) is 26.7 Å². The Balaban J connectivity index is 1.91. The van der Waals surface area contributed by atoms with Crippen LogP contribution in [0.15, 0.2) is 59.4 Å². The fourth-order valence-corrected chi connectivity index (χ4v) is 2.61. The molecule has 1 aliphatic heterocycles. The molecule has 3 aromatic rings. The van der Waals surface area contributed by atoms with Crippen molar-refractivity contribution in [3.63, 3.8) is 0 Å². The third kappa shape index (κ3) is 1.83. The Morgan fingerprint density at radius 3 is 1.96 bits per heavy atom. The number of benzene rings is 2. The summed E-state index contributed by atoms with van der Waals surface area (Å²) in [5.74, 6) is -0.900. The van der Waals surface area contributed by atoms with Gasteiger partial charge in [-0.1, -0.05) is 42.5 Å². The molecule has 1 aliphatic rings. The van der Waals surface area contributed by atoms with Gasteiger partial charge >= 0.3 is 5.69 Å². The summed E-state index contributed by atoms with van der Waals surface area (Å²) < 4.78 is 0.972. The topological polar surface area (TPSA) is 88.1 Å². The molecule has 23 heavy (non-hydrogen) atoms. The van der Waals surface area contributed by atoms with E-state index in [0.29, 0.717) is 5.56 Å². The molecule has 7 heteroatoms. The number of rotatable bonds is 2. The third-order valence-electron chi connectivity index (χ3n) is 3.66. The Morgan fingerprint density at radius 1 is 0.783 bits per heavy atom. The minimum atomic E-state index is -0.654. The molecular weight excluding hydrogens is 296 g/mol. The lowest BCUT2D eigenvalue weighted by atomic mass is 10.1. The molecule has 2 heterocycles. The number of hydrogen-bond acceptors (Lipinski definition) is 4. The fraction of sp³-hybridized carbons (Fsp3) is 0. The second-order valence-electron chi connectivity index (χ2n) is 5.00. The summed E-state index contributed by atoms with van der Waals surface area (Å²) in [6, 6.07) is 15.3. The molecule has 0 saturated carbocycles. The largest absolute Gasteiger partial charge is 0.363 e. The highest BCUT2D eigenvalue weighted by Crippen LogP contribution is 2.23. The van der Waals surface area contributed by atoms with Crippen molar-refractivity contribution >= 4 is 11.8 Å². The molecule has 2 aromatic carbocycles. The van der Waals surface area contributed by atoms with Crippen LogP contribution in [0.25, 0.3) is 11.4 Å². The summed E-state index contributed by atoms with van der Waals surface area (Å²) in [5.41, 5.74) is 0.495. The van der Waals surface area contributed by atoms with Gasteiger partial charge in [0.1, 0.15) is 0 Å². The van der Waals surface area contributed by atoms with Crippen LogP contribution >= 0.6 is 0 Å². The van der Waals surface area contributed by atoms with E-state index < -0.39 is 17.5 Å². The zero-order chi connectivity index (χ0) is 16.0. The van der Waals surface area contributed by atoms with Crippen molar-refractivity contribution in [1.29, 1.82) is 0 Å². The van der Waals surface area contributed by atoms with Gasteiger partial charge < -0.3 is 0 Å². The summed E-state index contributed by atoms with van der Waals surface area (Å²) in [6.45, 7) is 0. The van der Waals surface area contributed by atoms with Gasteiger partial charge in [0.15, 0.2) is 5.82 Å². The van der Waals surface area contributed by atoms with Gasteiger partial charge in [-0.25, -0.2) is 9.89 Å². The minimum absolute atomic E-state index is 0.199. The first kappa shape index (κ1) is 13.2. The fourth-order valence-electron chi connectivity index (χ4n) is 2.61. The smallest absolute Gasteiger partial charge is 0.267 e. The van der Waals surface area contributed by atoms with Crippen LogP contribution in [0.1, 0.15) is 20.7 Å². The highest BCUT2D eigenvalue weighted by molar-refractivity contribution is 6.30. The van der Waals surface area contributed by atoms with Crippen LogP contribution in [0, 0.1) is 0 Å². The van der Waals surface area contributed by atoms with Crippen molar-refractivity contribution < 1.29 is 9.59 Å². The van der Waals surface area contributed by atoms with Crippen LogP contribution < -0.4 is 10.7 Å². The molecule has 4 rings (SSSR count). The van der Waals surface area contributed by atoms with Gasteiger partial charge in [0.25, 0.3) is 11.8 Å². The summed E-state index contributed by atoms with van der Waals surface area (Å²) in [7, 11) is 0. The molecule has 0 fully saturated rings. The second kappa shape index (κ2) is 4.77. The lowest BCUT2D eigenvalue weighted by Crippen LogP contribution is -2.45. The Labute approximate surface area is 129 Å². The van der Waals surface area contributed by atoms with E-state index in [2.05, 4.69) is 10.2 Å². The van der Waals surface area contributed by atoms with Crippen LogP contribution in [-0.2, 0) is 0 Å². The van der Waals surface area contributed by atoms with E-state index in [9.17, 15) is 14.4 Å². The second-order valence-corrected chi connectivity index (χ2v) is 5.00. The van der Waals surface area contributed by atoms with Crippen LogP contribution in [0.5, 0.6) is 0 Å². The minimum Gasteiger partial charge on any atom is -0.267 e. The number of amides is 2. The number of aromatic amines is 1. The van der Waals surface area contributed by atoms with Crippen LogP contribution in [0.2, 0.25) is 0 Å². The predicted octanol–water partition coefficient (Wildman–Crippen LogP) is 1.17. The maximum Gasteiger partial charge on any atom is 0.363 e. The quantitative estimate of drug-likeness (QED) is 0.720. The zero-order valence-electron chi connectivity index (χ0n) is 11.8. The van der Waals surface area contributed by atoms with Crippen LogP contribution in [0.4, 0.5) is 0 Å². The monoisotopic (exact) mass is 306 g/mol. The first-order valence-electron chi connectivity index (χ1n) is 6.89. The zero-order valence-corrected chi connectivity index (χ0v) is 11.8. The van der Waals surface area contributed by atoms with E-state index in [1.54, 1.807) is 48.5 Å². The van der Waals surface area contributed by atoms with E-state index in [1.165, 1.54) is 0 Å². The molecule has 112 valence electrons. The first-order chi connectivity index (χ1) is 11.2. The highest BCUT2D eigenvalue weighted by Gasteiger charge is 2.39. The molecule has 0 bridgehead atoms. The molecule has 0 spiro atoms. The van der Waals surface area contributed by atoms with Gasteiger partial charge in [-0.15, -0.1) is 0 Å². The Morgan fingerprint density at radius 2 is 1.35 bits per heavy atom. The van der Waals surface area contributed by atoms with E-state index in [-0.39, 0.29) is 17.0 Å². The Bertz CT molecular complexity index is 953. The van der Waals surface area contributed by atoms with Gasteiger partial charge in [-0.2, -0.15) is 14.8 Å². The standard InChI is InChI=1S/C16H10N4O3/c21-14-11-8-4-5-9-12(11)15(22)20(14)19-13(17-18-16(19)23)10-6-2-1-3-7-10/h1-9H,(H,18,23). The van der Waals surface area contributed by atoms with Crippen molar-refractivity contribution in [2.75, 3.05) is 5.01 Å². The molecule has 0 unspecified atom stereocenters. The van der Waals surface area contributed by atoms with E-state index in [1.807, 2.05) is 6.07 Å². The summed E-state index contributed by atoms with van der Waals surface area (Å²) in [5, 5.41) is 7.05. The molecule has 1 N–H and O–H groups in total. The third-order valence-corrected chi connectivity index (χ3v) is 3.66. The maximum atomic E-state index is 12.5. The molecule has 0 radical (unpaired) electrons. The molecule has 2 amide bonds. The van der Waals surface area contributed by atoms with Gasteiger partial charge in [0.2, 0.25) is 0 Å². The van der Waals surface area contributed by atoms with Gasteiger partial charge in [-0.3, -0.25) is 9.59 Å². The lowest BCUT2D eigenvalue weighted by molar-refractivity contribution is 0.0885. The van der Waals surface area contributed by atoms with Gasteiger partial charge in [0.05, 0.1) is 11.1 Å². The number of carbonyl (C=O) groups is 2. The van der Waals surface area contributed by atoms with Crippen LogP contribution in [0.3, 0.4) is 0 Å². The van der Waals surface area contributed by atoms with Crippen molar-refractivity contribution in [3.05, 3.63) is 76.2 Å². The number of H-pyrrole nitrogens is 1. The summed E-state index contributed by atoms with van der Waals surface area (Å²) >= 11 is 0.